The third kappa shape index (κ3) is 2.31. The molecule has 0 heterocycles. The fourth-order valence-corrected chi connectivity index (χ4v) is 2.80. The van der Waals surface area contributed by atoms with Crippen molar-refractivity contribution in [1.29, 1.82) is 0 Å². The molecule has 0 nitrogen and oxygen atoms in total. The van der Waals surface area contributed by atoms with Gasteiger partial charge in [0.2, 0.25) is 0 Å². The maximum absolute atomic E-state index is 2.55. The first-order valence-corrected chi connectivity index (χ1v) is 6.48. The van der Waals surface area contributed by atoms with Crippen LogP contribution in [0.5, 0.6) is 0 Å². The van der Waals surface area contributed by atoms with E-state index in [2.05, 4.69) is 57.5 Å². The van der Waals surface area contributed by atoms with Crippen LogP contribution in [0, 0.1) is 23.7 Å². The molecule has 1 radical (unpaired) electrons. The molecule has 2 rings (SSSR count). The molecule has 16 heavy (non-hydrogen) atoms. The third-order valence-corrected chi connectivity index (χ3v) is 4.58. The van der Waals surface area contributed by atoms with Crippen molar-refractivity contribution in [2.45, 2.75) is 40.0 Å². The Morgan fingerprint density at radius 1 is 1.19 bits per heavy atom. The molecule has 0 saturated heterocycles. The average Bonchev–Trinajstić information content (AvgIpc) is 2.27. The van der Waals surface area contributed by atoms with Crippen LogP contribution < -0.4 is 0 Å². The van der Waals surface area contributed by atoms with Crippen LogP contribution in [0.3, 0.4) is 0 Å². The molecule has 1 aliphatic rings. The number of hydrogen-bond donors (Lipinski definition) is 0. The van der Waals surface area contributed by atoms with Gasteiger partial charge in [0.25, 0.3) is 0 Å². The van der Waals surface area contributed by atoms with Gasteiger partial charge in [-0.1, -0.05) is 51.1 Å². The second-order valence-corrected chi connectivity index (χ2v) is 5.83. The van der Waals surface area contributed by atoms with E-state index in [4.69, 9.17) is 0 Å². The van der Waals surface area contributed by atoms with Crippen molar-refractivity contribution in [2.75, 3.05) is 0 Å². The van der Waals surface area contributed by atoms with Gasteiger partial charge < -0.3 is 0 Å². The van der Waals surface area contributed by atoms with Crippen LogP contribution in [-0.2, 0) is 6.42 Å². The highest BCUT2D eigenvalue weighted by Gasteiger charge is 2.37. The Balaban J connectivity index is 2.09. The summed E-state index contributed by atoms with van der Waals surface area (Å²) in [6.07, 6.45) is 6.41. The minimum Gasteiger partial charge on any atom is -0.0622 e. The first-order chi connectivity index (χ1) is 7.60. The number of rotatable bonds is 2. The predicted octanol–water partition coefficient (Wildman–Crippen LogP) is 4.51. The summed E-state index contributed by atoms with van der Waals surface area (Å²) in [4.78, 5) is 0. The molecule has 0 amide bonds. The Morgan fingerprint density at radius 3 is 2.56 bits per heavy atom. The minimum atomic E-state index is 0.452. The summed E-state index contributed by atoms with van der Waals surface area (Å²) in [5.74, 6) is 1.57. The lowest BCUT2D eigenvalue weighted by molar-refractivity contribution is 0.108. The van der Waals surface area contributed by atoms with Crippen LogP contribution >= 0.6 is 0 Å². The molecule has 1 aromatic carbocycles. The van der Waals surface area contributed by atoms with Gasteiger partial charge >= 0.3 is 0 Å². The molecule has 0 aromatic heterocycles. The summed E-state index contributed by atoms with van der Waals surface area (Å²) in [6.45, 7) is 7.27. The van der Waals surface area contributed by atoms with Crippen molar-refractivity contribution in [3.8, 4) is 0 Å². The highest BCUT2D eigenvalue weighted by molar-refractivity contribution is 5.17. The fraction of sp³-hybridized carbons (Fsp3) is 0.562. The molecule has 1 aliphatic carbocycles. The molecular formula is C16H23. The van der Waals surface area contributed by atoms with Gasteiger partial charge in [0.1, 0.15) is 0 Å². The second kappa shape index (κ2) is 4.61. The zero-order chi connectivity index (χ0) is 11.6. The first-order valence-electron chi connectivity index (χ1n) is 6.48. The summed E-state index contributed by atoms with van der Waals surface area (Å²) in [6, 6.07) is 10.9. The smallest absolute Gasteiger partial charge is 0.0242 e. The summed E-state index contributed by atoms with van der Waals surface area (Å²) >= 11 is 0. The lowest BCUT2D eigenvalue weighted by Crippen LogP contribution is -2.36. The molecule has 1 fully saturated rings. The predicted molar refractivity (Wildman–Crippen MR) is 70.1 cm³/mol. The largest absolute Gasteiger partial charge is 0.0622 e. The van der Waals surface area contributed by atoms with E-state index in [0.29, 0.717) is 5.41 Å². The Hall–Kier alpha value is -0.780. The highest BCUT2D eigenvalue weighted by atomic mass is 14.4. The van der Waals surface area contributed by atoms with E-state index in [9.17, 15) is 0 Å². The van der Waals surface area contributed by atoms with Crippen molar-refractivity contribution in [1.82, 2.24) is 0 Å². The zero-order valence-corrected chi connectivity index (χ0v) is 10.7. The Labute approximate surface area is 100 Å². The molecule has 0 N–H and O–H groups in total. The van der Waals surface area contributed by atoms with Crippen LogP contribution in [-0.4, -0.2) is 0 Å². The van der Waals surface area contributed by atoms with E-state index in [1.54, 1.807) is 0 Å². The van der Waals surface area contributed by atoms with E-state index in [1.165, 1.54) is 24.8 Å². The van der Waals surface area contributed by atoms with Gasteiger partial charge in [0, 0.05) is 0 Å². The highest BCUT2D eigenvalue weighted by Crippen LogP contribution is 2.45. The molecular weight excluding hydrogens is 192 g/mol. The molecule has 0 spiro atoms. The Kier molecular flexibility index (Phi) is 3.37. The monoisotopic (exact) mass is 215 g/mol. The van der Waals surface area contributed by atoms with Crippen LogP contribution in [0.4, 0.5) is 0 Å². The number of benzene rings is 1. The molecule has 0 heteroatoms. The summed E-state index contributed by atoms with van der Waals surface area (Å²) in [5.41, 5.74) is 1.93. The van der Waals surface area contributed by atoms with Crippen LogP contribution in [0.1, 0.15) is 39.2 Å². The lowest BCUT2D eigenvalue weighted by Gasteiger charge is -2.44. The maximum atomic E-state index is 2.55. The van der Waals surface area contributed by atoms with Gasteiger partial charge in [-0.3, -0.25) is 0 Å². The Morgan fingerprint density at radius 2 is 1.88 bits per heavy atom. The average molecular weight is 215 g/mol. The van der Waals surface area contributed by atoms with Gasteiger partial charge in [-0.05, 0) is 48.5 Å². The SMILES string of the molecule is CC1CC[CH]C(Cc2ccccc2)C1(C)C. The van der Waals surface area contributed by atoms with Gasteiger partial charge in [-0.2, -0.15) is 0 Å². The van der Waals surface area contributed by atoms with Crippen LogP contribution in [0.25, 0.3) is 0 Å². The molecule has 0 aliphatic heterocycles. The molecule has 2 unspecified atom stereocenters. The quantitative estimate of drug-likeness (QED) is 0.681. The van der Waals surface area contributed by atoms with Crippen molar-refractivity contribution >= 4 is 0 Å². The fourth-order valence-electron chi connectivity index (χ4n) is 2.80. The van der Waals surface area contributed by atoms with Gasteiger partial charge in [-0.25, -0.2) is 0 Å². The van der Waals surface area contributed by atoms with Crippen molar-refractivity contribution in [2.24, 2.45) is 17.3 Å². The summed E-state index contributed by atoms with van der Waals surface area (Å²) in [7, 11) is 0. The summed E-state index contributed by atoms with van der Waals surface area (Å²) < 4.78 is 0. The molecule has 0 bridgehead atoms. The first kappa shape index (κ1) is 11.7. The van der Waals surface area contributed by atoms with E-state index in [1.807, 2.05) is 0 Å². The lowest BCUT2D eigenvalue weighted by atomic mass is 9.61. The van der Waals surface area contributed by atoms with Crippen molar-refractivity contribution in [3.05, 3.63) is 42.3 Å². The third-order valence-electron chi connectivity index (χ3n) is 4.58. The van der Waals surface area contributed by atoms with Crippen LogP contribution in [0.2, 0.25) is 0 Å². The van der Waals surface area contributed by atoms with Crippen LogP contribution in [0.15, 0.2) is 30.3 Å². The topological polar surface area (TPSA) is 0 Å². The van der Waals surface area contributed by atoms with Gasteiger partial charge in [0.15, 0.2) is 0 Å². The standard InChI is InChI=1S/C16H23/c1-13-8-7-11-15(16(13,2)3)12-14-9-5-4-6-10-14/h4-6,9-11,13,15H,7-8,12H2,1-3H3. The molecule has 1 aromatic rings. The molecule has 87 valence electrons. The Bertz CT molecular complexity index is 323. The van der Waals surface area contributed by atoms with E-state index in [-0.39, 0.29) is 0 Å². The van der Waals surface area contributed by atoms with E-state index >= 15 is 0 Å². The van der Waals surface area contributed by atoms with Crippen molar-refractivity contribution in [3.63, 3.8) is 0 Å². The maximum Gasteiger partial charge on any atom is -0.0242 e. The zero-order valence-electron chi connectivity index (χ0n) is 10.7. The summed E-state index contributed by atoms with van der Waals surface area (Å²) in [5, 5.41) is 0. The molecule has 1 saturated carbocycles. The minimum absolute atomic E-state index is 0.452. The van der Waals surface area contributed by atoms with Crippen molar-refractivity contribution < 1.29 is 0 Å². The van der Waals surface area contributed by atoms with E-state index in [0.717, 1.165) is 11.8 Å². The molecule has 2 atom stereocenters. The van der Waals surface area contributed by atoms with E-state index < -0.39 is 0 Å². The normalized spacial score (nSPS) is 28.9. The second-order valence-electron chi connectivity index (χ2n) is 5.83. The van der Waals surface area contributed by atoms with Gasteiger partial charge in [-0.15, -0.1) is 0 Å². The number of hydrogen-bond acceptors (Lipinski definition) is 0. The van der Waals surface area contributed by atoms with Gasteiger partial charge in [0.05, 0.1) is 0 Å².